The summed E-state index contributed by atoms with van der Waals surface area (Å²) in [4.78, 5) is 3.56. The number of nitrogens with two attached hydrogens (primary N) is 1. The smallest absolute Gasteiger partial charge is 0.217 e. The number of pyridine rings is 1. The molecule has 0 saturated heterocycles. The van der Waals surface area contributed by atoms with Gasteiger partial charge in [-0.1, -0.05) is 6.07 Å². The van der Waals surface area contributed by atoms with Crippen molar-refractivity contribution < 1.29 is 4.39 Å². The molecule has 1 saturated carbocycles. The highest BCUT2D eigenvalue weighted by Crippen LogP contribution is 2.39. The minimum Gasteiger partial charge on any atom is -0.324 e. The van der Waals surface area contributed by atoms with Crippen LogP contribution in [-0.2, 0) is 0 Å². The number of rotatable bonds is 2. The molecule has 2 nitrogen and oxygen atoms in total. The van der Waals surface area contributed by atoms with Gasteiger partial charge in [0.15, 0.2) is 0 Å². The lowest BCUT2D eigenvalue weighted by atomic mass is 10.1. The minimum atomic E-state index is -0.420. The Kier molecular flexibility index (Phi) is 3.22. The van der Waals surface area contributed by atoms with E-state index in [2.05, 4.69) is 4.98 Å². The van der Waals surface area contributed by atoms with Gasteiger partial charge in [0.1, 0.15) is 0 Å². The highest BCUT2D eigenvalue weighted by molar-refractivity contribution is 5.85. The van der Waals surface area contributed by atoms with Crippen LogP contribution in [0.5, 0.6) is 0 Å². The molecule has 0 amide bonds. The van der Waals surface area contributed by atoms with Gasteiger partial charge in [0.25, 0.3) is 0 Å². The summed E-state index contributed by atoms with van der Waals surface area (Å²) in [6.07, 6.45) is 3.68. The molecule has 1 aromatic rings. The maximum absolute atomic E-state index is 13.0. The van der Waals surface area contributed by atoms with Gasteiger partial charge >= 0.3 is 0 Å². The zero-order valence-electron chi connectivity index (χ0n) is 7.11. The molecule has 0 spiro atoms. The number of hydrogen-bond donors (Lipinski definition) is 1. The van der Waals surface area contributed by atoms with E-state index in [0.29, 0.717) is 11.5 Å². The lowest BCUT2D eigenvalue weighted by molar-refractivity contribution is 0.524. The lowest BCUT2D eigenvalue weighted by Crippen LogP contribution is -2.14. The average molecular weight is 203 g/mol. The Morgan fingerprint density at radius 1 is 1.54 bits per heavy atom. The molecule has 0 bridgehead atoms. The van der Waals surface area contributed by atoms with E-state index in [9.17, 15) is 4.39 Å². The first-order valence-electron chi connectivity index (χ1n) is 4.15. The first-order chi connectivity index (χ1) is 5.79. The lowest BCUT2D eigenvalue weighted by Gasteiger charge is -2.09. The van der Waals surface area contributed by atoms with Crippen molar-refractivity contribution >= 4 is 12.4 Å². The molecule has 1 aliphatic carbocycles. The average Bonchev–Trinajstić information content (AvgIpc) is 2.86. The van der Waals surface area contributed by atoms with E-state index in [4.69, 9.17) is 5.73 Å². The Labute approximate surface area is 82.8 Å². The fourth-order valence-electron chi connectivity index (χ4n) is 1.36. The summed E-state index contributed by atoms with van der Waals surface area (Å²) < 4.78 is 13.0. The van der Waals surface area contributed by atoms with E-state index < -0.39 is 5.95 Å². The number of halogens is 2. The van der Waals surface area contributed by atoms with Crippen LogP contribution in [0.3, 0.4) is 0 Å². The van der Waals surface area contributed by atoms with Crippen molar-refractivity contribution in [2.24, 2.45) is 11.7 Å². The maximum atomic E-state index is 13.0. The highest BCUT2D eigenvalue weighted by Gasteiger charge is 2.31. The maximum Gasteiger partial charge on any atom is 0.217 e. The van der Waals surface area contributed by atoms with Gasteiger partial charge in [0, 0.05) is 17.8 Å². The van der Waals surface area contributed by atoms with Crippen molar-refractivity contribution in [2.45, 2.75) is 18.9 Å². The second-order valence-electron chi connectivity index (χ2n) is 3.25. The van der Waals surface area contributed by atoms with E-state index in [0.717, 1.165) is 12.8 Å². The quantitative estimate of drug-likeness (QED) is 0.746. The van der Waals surface area contributed by atoms with Crippen LogP contribution in [0.1, 0.15) is 24.4 Å². The van der Waals surface area contributed by atoms with Crippen molar-refractivity contribution in [2.75, 3.05) is 0 Å². The molecule has 1 fully saturated rings. The number of hydrogen-bond acceptors (Lipinski definition) is 2. The van der Waals surface area contributed by atoms with E-state index in [1.165, 1.54) is 6.20 Å². The Morgan fingerprint density at radius 3 is 2.77 bits per heavy atom. The first kappa shape index (κ1) is 10.4. The summed E-state index contributed by atoms with van der Waals surface area (Å²) in [5.41, 5.74) is 6.38. The van der Waals surface area contributed by atoms with Crippen LogP contribution >= 0.6 is 12.4 Å². The molecule has 1 aromatic heterocycles. The van der Waals surface area contributed by atoms with E-state index in [-0.39, 0.29) is 18.4 Å². The van der Waals surface area contributed by atoms with E-state index in [1.807, 2.05) is 0 Å². The van der Waals surface area contributed by atoms with E-state index >= 15 is 0 Å². The summed E-state index contributed by atoms with van der Waals surface area (Å²) in [5, 5.41) is 0. The van der Waals surface area contributed by atoms with Crippen molar-refractivity contribution in [1.29, 1.82) is 0 Å². The Hall–Kier alpha value is -0.670. The van der Waals surface area contributed by atoms with Crippen LogP contribution in [-0.4, -0.2) is 4.98 Å². The van der Waals surface area contributed by atoms with Crippen molar-refractivity contribution in [3.63, 3.8) is 0 Å². The van der Waals surface area contributed by atoms with Crippen LogP contribution in [0.4, 0.5) is 4.39 Å². The van der Waals surface area contributed by atoms with Gasteiger partial charge in [-0.2, -0.15) is 4.39 Å². The third-order valence-electron chi connectivity index (χ3n) is 2.28. The molecule has 0 radical (unpaired) electrons. The molecule has 1 heterocycles. The van der Waals surface area contributed by atoms with Gasteiger partial charge in [-0.05, 0) is 24.8 Å². The molecular formula is C9H12ClFN2. The summed E-state index contributed by atoms with van der Waals surface area (Å²) in [7, 11) is 0. The molecule has 4 heteroatoms. The zero-order valence-corrected chi connectivity index (χ0v) is 7.93. The normalized spacial score (nSPS) is 17.7. The Morgan fingerprint density at radius 2 is 2.23 bits per heavy atom. The van der Waals surface area contributed by atoms with Crippen LogP contribution in [0.25, 0.3) is 0 Å². The molecule has 2 rings (SSSR count). The van der Waals surface area contributed by atoms with Crippen LogP contribution in [0, 0.1) is 11.9 Å². The van der Waals surface area contributed by atoms with Crippen LogP contribution < -0.4 is 5.73 Å². The van der Waals surface area contributed by atoms with Gasteiger partial charge < -0.3 is 5.73 Å². The number of nitrogens with zero attached hydrogens (tertiary/aromatic N) is 1. The first-order valence-corrected chi connectivity index (χ1v) is 4.15. The second-order valence-corrected chi connectivity index (χ2v) is 3.25. The molecule has 1 unspecified atom stereocenters. The molecule has 72 valence electrons. The van der Waals surface area contributed by atoms with E-state index in [1.54, 1.807) is 12.1 Å². The standard InChI is InChI=1S/C9H11FN2.ClH/c10-9-7(2-1-5-12-9)8(11)6-3-4-6;/h1-2,5-6,8H,3-4,11H2;1H. The largest absolute Gasteiger partial charge is 0.324 e. The third-order valence-corrected chi connectivity index (χ3v) is 2.28. The van der Waals surface area contributed by atoms with Gasteiger partial charge in [-0.3, -0.25) is 0 Å². The molecule has 1 aliphatic rings. The summed E-state index contributed by atoms with van der Waals surface area (Å²) in [6, 6.07) is 3.28. The molecule has 2 N–H and O–H groups in total. The Balaban J connectivity index is 0.000000845. The van der Waals surface area contributed by atoms with Crippen molar-refractivity contribution in [1.82, 2.24) is 4.98 Å². The molecular weight excluding hydrogens is 191 g/mol. The topological polar surface area (TPSA) is 38.9 Å². The van der Waals surface area contributed by atoms with Gasteiger partial charge in [-0.25, -0.2) is 4.98 Å². The molecule has 1 atom stereocenters. The van der Waals surface area contributed by atoms with Crippen LogP contribution in [0.2, 0.25) is 0 Å². The molecule has 0 aromatic carbocycles. The van der Waals surface area contributed by atoms with Crippen molar-refractivity contribution in [3.8, 4) is 0 Å². The monoisotopic (exact) mass is 202 g/mol. The second kappa shape index (κ2) is 4.03. The SMILES string of the molecule is Cl.NC(c1cccnc1F)C1CC1. The highest BCUT2D eigenvalue weighted by atomic mass is 35.5. The zero-order chi connectivity index (χ0) is 8.55. The predicted octanol–water partition coefficient (Wildman–Crippen LogP) is 2.05. The molecule has 0 aliphatic heterocycles. The third kappa shape index (κ3) is 2.17. The van der Waals surface area contributed by atoms with Gasteiger partial charge in [0.2, 0.25) is 5.95 Å². The predicted molar refractivity (Wildman–Crippen MR) is 51.1 cm³/mol. The fourth-order valence-corrected chi connectivity index (χ4v) is 1.36. The van der Waals surface area contributed by atoms with Crippen LogP contribution in [0.15, 0.2) is 18.3 Å². The fraction of sp³-hybridized carbons (Fsp3) is 0.444. The summed E-state index contributed by atoms with van der Waals surface area (Å²) in [5.74, 6) is 0.0561. The summed E-state index contributed by atoms with van der Waals surface area (Å²) in [6.45, 7) is 0. The number of aromatic nitrogens is 1. The van der Waals surface area contributed by atoms with Gasteiger partial charge in [0.05, 0.1) is 0 Å². The van der Waals surface area contributed by atoms with Crippen molar-refractivity contribution in [3.05, 3.63) is 29.8 Å². The molecule has 13 heavy (non-hydrogen) atoms. The Bertz CT molecular complexity index is 289. The minimum absolute atomic E-state index is 0. The van der Waals surface area contributed by atoms with Gasteiger partial charge in [-0.15, -0.1) is 12.4 Å². The summed E-state index contributed by atoms with van der Waals surface area (Å²) >= 11 is 0.